The molecular weight excluding hydrogens is 264 g/mol. The first-order valence-corrected chi connectivity index (χ1v) is 6.82. The van der Waals surface area contributed by atoms with Crippen LogP contribution in [0.1, 0.15) is 17.0 Å². The molecule has 1 N–H and O–H groups in total. The van der Waals surface area contributed by atoms with Gasteiger partial charge in [-0.25, -0.2) is 0 Å². The minimum atomic E-state index is -0.771. The van der Waals surface area contributed by atoms with Gasteiger partial charge in [-0.05, 0) is 30.7 Å². The third-order valence-electron chi connectivity index (χ3n) is 3.77. The first-order chi connectivity index (χ1) is 10.1. The van der Waals surface area contributed by atoms with Gasteiger partial charge in [0, 0.05) is 18.4 Å². The summed E-state index contributed by atoms with van der Waals surface area (Å²) < 4.78 is 0. The van der Waals surface area contributed by atoms with Crippen molar-refractivity contribution in [3.8, 4) is 0 Å². The van der Waals surface area contributed by atoms with E-state index >= 15 is 0 Å². The first-order valence-electron chi connectivity index (χ1n) is 6.82. The number of para-hydroxylation sites is 1. The minimum Gasteiger partial charge on any atom is -0.325 e. The van der Waals surface area contributed by atoms with Crippen LogP contribution in [0.25, 0.3) is 0 Å². The van der Waals surface area contributed by atoms with Gasteiger partial charge in [-0.2, -0.15) is 0 Å². The highest BCUT2D eigenvalue weighted by molar-refractivity contribution is 6.20. The smallest absolute Gasteiger partial charge is 0.243 e. The van der Waals surface area contributed by atoms with Crippen LogP contribution in [0.15, 0.2) is 48.5 Å². The van der Waals surface area contributed by atoms with Crippen LogP contribution in [-0.2, 0) is 9.59 Å². The molecule has 0 saturated heterocycles. The quantitative estimate of drug-likeness (QED) is 0.860. The molecular formula is C17H16N2O2. The average molecular weight is 280 g/mol. The zero-order valence-corrected chi connectivity index (χ0v) is 12.0. The number of nitrogens with one attached hydrogen (secondary N) is 1. The molecule has 106 valence electrons. The van der Waals surface area contributed by atoms with E-state index in [0.717, 1.165) is 16.8 Å². The van der Waals surface area contributed by atoms with Gasteiger partial charge in [-0.15, -0.1) is 0 Å². The second-order valence-electron chi connectivity index (χ2n) is 5.24. The number of carbonyl (C=O) groups is 2. The number of nitrogens with zero attached hydrogens (tertiary/aromatic N) is 1. The fourth-order valence-electron chi connectivity index (χ4n) is 2.59. The number of benzene rings is 2. The van der Waals surface area contributed by atoms with Crippen LogP contribution in [0.3, 0.4) is 0 Å². The highest BCUT2D eigenvalue weighted by Crippen LogP contribution is 2.36. The molecule has 21 heavy (non-hydrogen) atoms. The van der Waals surface area contributed by atoms with Crippen molar-refractivity contribution in [2.24, 2.45) is 0 Å². The number of amides is 2. The van der Waals surface area contributed by atoms with Gasteiger partial charge in [0.1, 0.15) is 5.92 Å². The lowest BCUT2D eigenvalue weighted by atomic mass is 10.00. The van der Waals surface area contributed by atoms with Crippen LogP contribution >= 0.6 is 0 Å². The summed E-state index contributed by atoms with van der Waals surface area (Å²) >= 11 is 0. The highest BCUT2D eigenvalue weighted by atomic mass is 16.2. The number of hydrogen-bond acceptors (Lipinski definition) is 2. The van der Waals surface area contributed by atoms with E-state index in [1.807, 2.05) is 55.5 Å². The Morgan fingerprint density at radius 3 is 2.48 bits per heavy atom. The lowest BCUT2D eigenvalue weighted by Crippen LogP contribution is -2.31. The summed E-state index contributed by atoms with van der Waals surface area (Å²) in [6.07, 6.45) is 0. The molecule has 0 aromatic heterocycles. The Hall–Kier alpha value is -2.62. The van der Waals surface area contributed by atoms with Crippen LogP contribution in [0.5, 0.6) is 0 Å². The number of likely N-dealkylation sites (N-methyl/N-ethyl adjacent to an activating group) is 1. The number of anilines is 2. The largest absolute Gasteiger partial charge is 0.325 e. The van der Waals surface area contributed by atoms with Crippen molar-refractivity contribution in [2.45, 2.75) is 12.8 Å². The lowest BCUT2D eigenvalue weighted by Gasteiger charge is -2.12. The fraction of sp³-hybridized carbons (Fsp3) is 0.176. The summed E-state index contributed by atoms with van der Waals surface area (Å²) in [4.78, 5) is 26.3. The van der Waals surface area contributed by atoms with Gasteiger partial charge < -0.3 is 10.2 Å². The van der Waals surface area contributed by atoms with E-state index in [1.54, 1.807) is 7.05 Å². The molecule has 1 aliphatic rings. The molecule has 1 heterocycles. The van der Waals surface area contributed by atoms with Crippen molar-refractivity contribution in [3.05, 3.63) is 59.7 Å². The molecule has 2 aromatic rings. The van der Waals surface area contributed by atoms with E-state index in [9.17, 15) is 9.59 Å². The maximum atomic E-state index is 12.5. The highest BCUT2D eigenvalue weighted by Gasteiger charge is 2.39. The van der Waals surface area contributed by atoms with Gasteiger partial charge in [0.2, 0.25) is 11.8 Å². The molecule has 1 aliphatic heterocycles. The van der Waals surface area contributed by atoms with Crippen molar-refractivity contribution in [1.29, 1.82) is 0 Å². The average Bonchev–Trinajstić information content (AvgIpc) is 2.74. The maximum absolute atomic E-state index is 12.5. The van der Waals surface area contributed by atoms with E-state index in [0.29, 0.717) is 5.69 Å². The van der Waals surface area contributed by atoms with Gasteiger partial charge in [-0.1, -0.05) is 35.9 Å². The molecule has 3 rings (SSSR count). The molecule has 0 aliphatic carbocycles. The van der Waals surface area contributed by atoms with Crippen LogP contribution in [-0.4, -0.2) is 18.9 Å². The minimum absolute atomic E-state index is 0.194. The molecule has 0 unspecified atom stereocenters. The Kier molecular flexibility index (Phi) is 3.22. The van der Waals surface area contributed by atoms with E-state index < -0.39 is 5.92 Å². The Bertz CT molecular complexity index is 707. The molecule has 0 bridgehead atoms. The zero-order chi connectivity index (χ0) is 15.0. The van der Waals surface area contributed by atoms with E-state index in [2.05, 4.69) is 5.32 Å². The number of rotatable bonds is 2. The monoisotopic (exact) mass is 280 g/mol. The third-order valence-corrected chi connectivity index (χ3v) is 3.77. The van der Waals surface area contributed by atoms with Crippen molar-refractivity contribution >= 4 is 23.2 Å². The van der Waals surface area contributed by atoms with E-state index in [1.165, 1.54) is 4.90 Å². The summed E-state index contributed by atoms with van der Waals surface area (Å²) in [5, 5.41) is 2.82. The molecule has 0 spiro atoms. The second kappa shape index (κ2) is 5.05. The van der Waals surface area contributed by atoms with Gasteiger partial charge >= 0.3 is 0 Å². The van der Waals surface area contributed by atoms with Crippen molar-refractivity contribution < 1.29 is 9.59 Å². The molecule has 4 nitrogen and oxygen atoms in total. The van der Waals surface area contributed by atoms with Crippen molar-refractivity contribution in [3.63, 3.8) is 0 Å². The normalized spacial score (nSPS) is 16.8. The number of carbonyl (C=O) groups excluding carboxylic acids is 2. The summed E-state index contributed by atoms with van der Waals surface area (Å²) in [5.41, 5.74) is 3.38. The Morgan fingerprint density at radius 1 is 1.10 bits per heavy atom. The Morgan fingerprint density at radius 2 is 1.76 bits per heavy atom. The molecule has 2 aromatic carbocycles. The molecule has 4 heteroatoms. The Balaban J connectivity index is 1.88. The number of fused-ring (bicyclic) bond motifs is 1. The zero-order valence-electron chi connectivity index (χ0n) is 12.0. The van der Waals surface area contributed by atoms with E-state index in [4.69, 9.17) is 0 Å². The number of aryl methyl sites for hydroxylation is 1. The van der Waals surface area contributed by atoms with E-state index in [-0.39, 0.29) is 11.8 Å². The second-order valence-corrected chi connectivity index (χ2v) is 5.24. The van der Waals surface area contributed by atoms with Crippen LogP contribution < -0.4 is 10.2 Å². The lowest BCUT2D eigenvalue weighted by molar-refractivity contribution is -0.126. The van der Waals surface area contributed by atoms with Crippen molar-refractivity contribution in [1.82, 2.24) is 0 Å². The van der Waals surface area contributed by atoms with Crippen LogP contribution in [0.2, 0.25) is 0 Å². The van der Waals surface area contributed by atoms with Crippen molar-refractivity contribution in [2.75, 3.05) is 17.3 Å². The molecule has 1 atom stereocenters. The maximum Gasteiger partial charge on any atom is 0.243 e. The fourth-order valence-corrected chi connectivity index (χ4v) is 2.59. The molecule has 0 radical (unpaired) electrons. The number of hydrogen-bond donors (Lipinski definition) is 1. The molecule has 0 saturated carbocycles. The van der Waals surface area contributed by atoms with Gasteiger partial charge in [0.05, 0.1) is 0 Å². The predicted octanol–water partition coefficient (Wildman–Crippen LogP) is 2.69. The predicted molar refractivity (Wildman–Crippen MR) is 82.4 cm³/mol. The summed E-state index contributed by atoms with van der Waals surface area (Å²) in [6, 6.07) is 14.9. The summed E-state index contributed by atoms with van der Waals surface area (Å²) in [7, 11) is 1.69. The van der Waals surface area contributed by atoms with Crippen LogP contribution in [0.4, 0.5) is 11.4 Å². The van der Waals surface area contributed by atoms with Crippen LogP contribution in [0, 0.1) is 6.92 Å². The van der Waals surface area contributed by atoms with Gasteiger partial charge in [-0.3, -0.25) is 9.59 Å². The van der Waals surface area contributed by atoms with Gasteiger partial charge in [0.15, 0.2) is 0 Å². The first kappa shape index (κ1) is 13.4. The topological polar surface area (TPSA) is 49.4 Å². The molecule has 0 fully saturated rings. The SMILES string of the molecule is Cc1ccc(NC(=O)[C@@H]2C(=O)N(C)c3ccccc32)cc1. The summed E-state index contributed by atoms with van der Waals surface area (Å²) in [5.74, 6) is -1.26. The Labute approximate surface area is 123 Å². The standard InChI is InChI=1S/C17H16N2O2/c1-11-7-9-12(10-8-11)18-16(20)15-13-5-3-4-6-14(13)19(2)17(15)21/h3-10,15H,1-2H3,(H,18,20)/t15-/m1/s1. The van der Waals surface area contributed by atoms with Gasteiger partial charge in [0.25, 0.3) is 0 Å². The third kappa shape index (κ3) is 2.29. The molecule has 2 amide bonds. The summed E-state index contributed by atoms with van der Waals surface area (Å²) in [6.45, 7) is 1.98.